The van der Waals surface area contributed by atoms with E-state index in [0.717, 1.165) is 5.56 Å². The van der Waals surface area contributed by atoms with Crippen LogP contribution < -0.4 is 5.32 Å². The molecule has 0 atom stereocenters. The number of hydrogen-bond donors (Lipinski definition) is 1. The summed E-state index contributed by atoms with van der Waals surface area (Å²) in [4.78, 5) is 52.6. The Hall–Kier alpha value is -3.68. The zero-order valence-electron chi connectivity index (χ0n) is 14.9. The van der Waals surface area contributed by atoms with Crippen LogP contribution in [0.15, 0.2) is 54.6 Å². The monoisotopic (exact) mass is 382 g/mol. The number of benzene rings is 2. The van der Waals surface area contributed by atoms with Crippen LogP contribution in [-0.4, -0.2) is 35.5 Å². The summed E-state index contributed by atoms with van der Waals surface area (Å²) in [5.41, 5.74) is 1.26. The Morgan fingerprint density at radius 1 is 0.893 bits per heavy atom. The fraction of sp³-hybridized carbons (Fsp3) is 0.200. The van der Waals surface area contributed by atoms with Gasteiger partial charge in [-0.3, -0.25) is 9.59 Å². The van der Waals surface area contributed by atoms with E-state index in [1.807, 2.05) is 30.3 Å². The van der Waals surface area contributed by atoms with Crippen molar-refractivity contribution in [3.63, 3.8) is 0 Å². The van der Waals surface area contributed by atoms with Crippen LogP contribution in [0.25, 0.3) is 0 Å². The summed E-state index contributed by atoms with van der Waals surface area (Å²) in [5.74, 6) is -2.08. The molecule has 0 bridgehead atoms. The van der Waals surface area contributed by atoms with E-state index in [2.05, 4.69) is 5.32 Å². The molecule has 0 aliphatic carbocycles. The van der Waals surface area contributed by atoms with E-state index in [1.165, 1.54) is 12.1 Å². The number of hydrogen-bond acceptors (Lipinski definition) is 6. The Morgan fingerprint density at radius 3 is 2.14 bits per heavy atom. The SMILES string of the molecule is O=C(CCCNC(=O)OCc1ccccc1)ON1C(=O)c2ccccc2C1=O. The quantitative estimate of drug-likeness (QED) is 0.583. The number of imide groups is 1. The summed E-state index contributed by atoms with van der Waals surface area (Å²) >= 11 is 0. The number of nitrogens with zero attached hydrogens (tertiary/aromatic N) is 1. The highest BCUT2D eigenvalue weighted by Gasteiger charge is 2.38. The lowest BCUT2D eigenvalue weighted by Gasteiger charge is -2.12. The number of ether oxygens (including phenoxy) is 1. The van der Waals surface area contributed by atoms with Crippen molar-refractivity contribution in [2.24, 2.45) is 0 Å². The fourth-order valence-electron chi connectivity index (χ4n) is 2.59. The van der Waals surface area contributed by atoms with Gasteiger partial charge in [0.05, 0.1) is 11.1 Å². The third kappa shape index (κ3) is 4.53. The zero-order valence-corrected chi connectivity index (χ0v) is 14.9. The van der Waals surface area contributed by atoms with Gasteiger partial charge in [0.1, 0.15) is 6.61 Å². The van der Waals surface area contributed by atoms with Gasteiger partial charge < -0.3 is 14.9 Å². The molecule has 1 N–H and O–H groups in total. The number of amides is 3. The molecule has 3 amide bonds. The van der Waals surface area contributed by atoms with Crippen LogP contribution in [0.5, 0.6) is 0 Å². The zero-order chi connectivity index (χ0) is 19.9. The van der Waals surface area contributed by atoms with Crippen LogP contribution in [-0.2, 0) is 21.0 Å². The Bertz CT molecular complexity index is 862. The highest BCUT2D eigenvalue weighted by Crippen LogP contribution is 2.22. The molecule has 0 saturated carbocycles. The van der Waals surface area contributed by atoms with Crippen molar-refractivity contribution in [1.82, 2.24) is 10.4 Å². The van der Waals surface area contributed by atoms with E-state index < -0.39 is 23.9 Å². The van der Waals surface area contributed by atoms with E-state index in [9.17, 15) is 19.2 Å². The van der Waals surface area contributed by atoms with Gasteiger partial charge >= 0.3 is 12.1 Å². The normalized spacial score (nSPS) is 12.5. The van der Waals surface area contributed by atoms with Crippen LogP contribution in [0.2, 0.25) is 0 Å². The maximum Gasteiger partial charge on any atom is 0.407 e. The van der Waals surface area contributed by atoms with Crippen LogP contribution in [0.4, 0.5) is 4.79 Å². The molecule has 1 aliphatic rings. The average molecular weight is 382 g/mol. The van der Waals surface area contributed by atoms with Gasteiger partial charge in [-0.25, -0.2) is 9.59 Å². The minimum Gasteiger partial charge on any atom is -0.445 e. The van der Waals surface area contributed by atoms with Crippen LogP contribution in [0.3, 0.4) is 0 Å². The van der Waals surface area contributed by atoms with Gasteiger partial charge in [0.15, 0.2) is 0 Å². The molecule has 0 saturated heterocycles. The van der Waals surface area contributed by atoms with Crippen molar-refractivity contribution in [1.29, 1.82) is 0 Å². The third-order valence-electron chi connectivity index (χ3n) is 3.99. The maximum atomic E-state index is 12.1. The van der Waals surface area contributed by atoms with Crippen molar-refractivity contribution < 1.29 is 28.8 Å². The van der Waals surface area contributed by atoms with Gasteiger partial charge in [0.2, 0.25) is 0 Å². The number of carbonyl (C=O) groups is 4. The van der Waals surface area contributed by atoms with E-state index in [0.29, 0.717) is 5.06 Å². The molecule has 8 nitrogen and oxygen atoms in total. The summed E-state index contributed by atoms with van der Waals surface area (Å²) in [6, 6.07) is 15.5. The highest BCUT2D eigenvalue weighted by atomic mass is 16.7. The first-order valence-electron chi connectivity index (χ1n) is 8.69. The lowest BCUT2D eigenvalue weighted by atomic mass is 10.1. The summed E-state index contributed by atoms with van der Waals surface area (Å²) in [5, 5.41) is 2.98. The second-order valence-electron chi connectivity index (χ2n) is 6.01. The van der Waals surface area contributed by atoms with E-state index in [-0.39, 0.29) is 37.1 Å². The van der Waals surface area contributed by atoms with Crippen LogP contribution in [0, 0.1) is 0 Å². The number of nitrogens with one attached hydrogen (secondary N) is 1. The van der Waals surface area contributed by atoms with Crippen LogP contribution in [0.1, 0.15) is 39.1 Å². The minimum atomic E-state index is -0.742. The molecule has 0 spiro atoms. The molecule has 0 unspecified atom stereocenters. The second-order valence-corrected chi connectivity index (χ2v) is 6.01. The highest BCUT2D eigenvalue weighted by molar-refractivity contribution is 6.20. The maximum absolute atomic E-state index is 12.1. The minimum absolute atomic E-state index is 0.0770. The van der Waals surface area contributed by atoms with Crippen molar-refractivity contribution >= 4 is 23.9 Å². The van der Waals surface area contributed by atoms with Crippen molar-refractivity contribution in [2.75, 3.05) is 6.54 Å². The van der Waals surface area contributed by atoms with E-state index in [1.54, 1.807) is 12.1 Å². The molecule has 1 aliphatic heterocycles. The molecule has 0 fully saturated rings. The first-order valence-corrected chi connectivity index (χ1v) is 8.69. The Kier molecular flexibility index (Phi) is 6.01. The number of hydroxylamine groups is 2. The molecule has 0 aromatic heterocycles. The molecule has 28 heavy (non-hydrogen) atoms. The molecule has 1 heterocycles. The lowest BCUT2D eigenvalue weighted by Crippen LogP contribution is -2.33. The first-order chi connectivity index (χ1) is 13.6. The largest absolute Gasteiger partial charge is 0.445 e. The number of fused-ring (bicyclic) bond motifs is 1. The average Bonchev–Trinajstić information content (AvgIpc) is 2.95. The topological polar surface area (TPSA) is 102 Å². The van der Waals surface area contributed by atoms with Gasteiger partial charge in [-0.2, -0.15) is 0 Å². The molecule has 3 rings (SSSR count). The predicted molar refractivity (Wildman–Crippen MR) is 96.9 cm³/mol. The molecule has 8 heteroatoms. The third-order valence-corrected chi connectivity index (χ3v) is 3.99. The summed E-state index contributed by atoms with van der Waals surface area (Å²) in [6.07, 6.45) is -0.410. The van der Waals surface area contributed by atoms with Gasteiger partial charge in [-0.15, -0.1) is 0 Å². The van der Waals surface area contributed by atoms with Crippen LogP contribution >= 0.6 is 0 Å². The lowest BCUT2D eigenvalue weighted by molar-refractivity contribution is -0.168. The summed E-state index contributed by atoms with van der Waals surface area (Å²) in [7, 11) is 0. The molecule has 2 aromatic rings. The Balaban J connectivity index is 1.36. The first kappa shape index (κ1) is 19.1. The fourth-order valence-corrected chi connectivity index (χ4v) is 2.59. The standard InChI is InChI=1S/C20H18N2O6/c23-17(28-22-18(24)15-9-4-5-10-16(15)19(22)25)11-6-12-21-20(26)27-13-14-7-2-1-3-8-14/h1-5,7-10H,6,11-13H2,(H,21,26). The number of carbonyl (C=O) groups excluding carboxylic acids is 4. The van der Waals surface area contributed by atoms with Crippen molar-refractivity contribution in [3.8, 4) is 0 Å². The van der Waals surface area contributed by atoms with E-state index in [4.69, 9.17) is 9.57 Å². The van der Waals surface area contributed by atoms with Crippen molar-refractivity contribution in [3.05, 3.63) is 71.3 Å². The molecular weight excluding hydrogens is 364 g/mol. The van der Waals surface area contributed by atoms with Crippen molar-refractivity contribution in [2.45, 2.75) is 19.4 Å². The number of alkyl carbamates (subject to hydrolysis) is 1. The van der Waals surface area contributed by atoms with Gasteiger partial charge in [0.25, 0.3) is 11.8 Å². The summed E-state index contributed by atoms with van der Waals surface area (Å²) < 4.78 is 5.04. The molecular formula is C20H18N2O6. The van der Waals surface area contributed by atoms with E-state index >= 15 is 0 Å². The smallest absolute Gasteiger partial charge is 0.407 e. The van der Waals surface area contributed by atoms with Gasteiger partial charge in [-0.1, -0.05) is 47.5 Å². The second kappa shape index (κ2) is 8.81. The summed E-state index contributed by atoms with van der Waals surface area (Å²) in [6.45, 7) is 0.333. The van der Waals surface area contributed by atoms with Gasteiger partial charge in [0, 0.05) is 13.0 Å². The van der Waals surface area contributed by atoms with Gasteiger partial charge in [-0.05, 0) is 24.1 Å². The Morgan fingerprint density at radius 2 is 1.50 bits per heavy atom. The predicted octanol–water partition coefficient (Wildman–Crippen LogP) is 2.45. The molecule has 144 valence electrons. The molecule has 0 radical (unpaired) electrons. The number of rotatable bonds is 7. The molecule has 2 aromatic carbocycles. The Labute approximate surface area is 161 Å².